The van der Waals surface area contributed by atoms with Crippen LogP contribution in [0, 0.1) is 10.1 Å². The van der Waals surface area contributed by atoms with Crippen molar-refractivity contribution in [3.63, 3.8) is 0 Å². The summed E-state index contributed by atoms with van der Waals surface area (Å²) in [6.07, 6.45) is -0.418. The van der Waals surface area contributed by atoms with Gasteiger partial charge in [0.05, 0.1) is 16.5 Å². The molecule has 0 unspecified atom stereocenters. The van der Waals surface area contributed by atoms with Gasteiger partial charge in [0.2, 0.25) is 0 Å². The maximum absolute atomic E-state index is 12.2. The van der Waals surface area contributed by atoms with Crippen LogP contribution in [0.2, 0.25) is 0 Å². The Hall–Kier alpha value is -3.95. The van der Waals surface area contributed by atoms with Gasteiger partial charge in [0.15, 0.2) is 11.7 Å². The molecule has 0 aliphatic carbocycles. The molecule has 1 atom stereocenters. The number of hydrogen-bond acceptors (Lipinski definition) is 7. The number of rotatable bonds is 8. The van der Waals surface area contributed by atoms with E-state index in [0.29, 0.717) is 13.0 Å². The van der Waals surface area contributed by atoms with E-state index in [4.69, 9.17) is 9.15 Å². The van der Waals surface area contributed by atoms with Crippen molar-refractivity contribution < 1.29 is 23.7 Å². The molecule has 0 bridgehead atoms. The van der Waals surface area contributed by atoms with Gasteiger partial charge in [0.1, 0.15) is 6.54 Å². The zero-order valence-electron chi connectivity index (χ0n) is 16.1. The van der Waals surface area contributed by atoms with Crippen LogP contribution in [0.4, 0.5) is 5.69 Å². The number of nitrogens with zero attached hydrogens (tertiary/aromatic N) is 2. The zero-order valence-corrected chi connectivity index (χ0v) is 16.1. The molecule has 0 saturated heterocycles. The first-order valence-corrected chi connectivity index (χ1v) is 9.14. The molecular formula is C20H19N3O7. The van der Waals surface area contributed by atoms with Crippen molar-refractivity contribution in [2.45, 2.75) is 26.0 Å². The van der Waals surface area contributed by atoms with Gasteiger partial charge in [0, 0.05) is 12.6 Å². The minimum absolute atomic E-state index is 0.0197. The molecule has 30 heavy (non-hydrogen) atoms. The fourth-order valence-electron chi connectivity index (χ4n) is 2.85. The van der Waals surface area contributed by atoms with Gasteiger partial charge in [-0.15, -0.1) is 0 Å². The normalized spacial score (nSPS) is 11.8. The number of aromatic nitrogens is 1. The quantitative estimate of drug-likeness (QED) is 0.338. The van der Waals surface area contributed by atoms with E-state index < -0.39 is 35.2 Å². The summed E-state index contributed by atoms with van der Waals surface area (Å²) < 4.78 is 11.0. The SMILES string of the molecule is C[C@H](OC(=O)Cn1c(=O)oc2cc([N+](=O)[O-])ccc21)C(=O)NCCc1ccccc1. The molecule has 0 saturated carbocycles. The van der Waals surface area contributed by atoms with Crippen LogP contribution < -0.4 is 11.1 Å². The smallest absolute Gasteiger partial charge is 0.420 e. The third kappa shape index (κ3) is 4.90. The average Bonchev–Trinajstić information content (AvgIpc) is 3.02. The van der Waals surface area contributed by atoms with Gasteiger partial charge < -0.3 is 14.5 Å². The molecule has 3 aromatic rings. The molecular weight excluding hydrogens is 394 g/mol. The lowest BCUT2D eigenvalue weighted by Gasteiger charge is -2.13. The van der Waals surface area contributed by atoms with E-state index in [2.05, 4.69) is 5.32 Å². The van der Waals surface area contributed by atoms with Crippen molar-refractivity contribution in [2.75, 3.05) is 6.54 Å². The van der Waals surface area contributed by atoms with Crippen LogP contribution in [0.25, 0.3) is 11.1 Å². The number of esters is 1. The summed E-state index contributed by atoms with van der Waals surface area (Å²) in [6, 6.07) is 13.2. The molecule has 0 aliphatic heterocycles. The number of nitrogens with one attached hydrogen (secondary N) is 1. The fourth-order valence-corrected chi connectivity index (χ4v) is 2.85. The van der Waals surface area contributed by atoms with Crippen LogP contribution in [-0.4, -0.2) is 34.0 Å². The molecule has 3 rings (SSSR count). The Morgan fingerprint density at radius 1 is 1.23 bits per heavy atom. The monoisotopic (exact) mass is 413 g/mol. The number of nitro groups is 1. The Morgan fingerprint density at radius 2 is 1.97 bits per heavy atom. The number of amides is 1. The predicted molar refractivity (Wildman–Crippen MR) is 106 cm³/mol. The van der Waals surface area contributed by atoms with Crippen LogP contribution in [0.15, 0.2) is 57.7 Å². The molecule has 10 nitrogen and oxygen atoms in total. The number of nitro benzene ring substituents is 1. The standard InChI is InChI=1S/C20H19N3O7/c1-13(19(25)21-10-9-14-5-3-2-4-6-14)29-18(24)12-22-16-8-7-15(23(27)28)11-17(16)30-20(22)26/h2-8,11,13H,9-10,12H2,1H3,(H,21,25)/t13-/m0/s1. The third-order valence-corrected chi connectivity index (χ3v) is 4.38. The molecule has 2 aromatic carbocycles. The predicted octanol–water partition coefficient (Wildman–Crippen LogP) is 1.79. The Morgan fingerprint density at radius 3 is 2.67 bits per heavy atom. The summed E-state index contributed by atoms with van der Waals surface area (Å²) in [6.45, 7) is 1.32. The van der Waals surface area contributed by atoms with Crippen molar-refractivity contribution in [1.29, 1.82) is 0 Å². The number of fused-ring (bicyclic) bond motifs is 1. The second-order valence-electron chi connectivity index (χ2n) is 6.52. The second-order valence-corrected chi connectivity index (χ2v) is 6.52. The van der Waals surface area contributed by atoms with Gasteiger partial charge >= 0.3 is 11.7 Å². The Balaban J connectivity index is 1.57. The number of benzene rings is 2. The maximum atomic E-state index is 12.2. The fraction of sp³-hybridized carbons (Fsp3) is 0.250. The first-order chi connectivity index (χ1) is 14.3. The maximum Gasteiger partial charge on any atom is 0.420 e. The van der Waals surface area contributed by atoms with E-state index >= 15 is 0 Å². The number of ether oxygens (including phenoxy) is 1. The summed E-state index contributed by atoms with van der Waals surface area (Å²) in [5.41, 5.74) is 1.01. The minimum Gasteiger partial charge on any atom is -0.451 e. The van der Waals surface area contributed by atoms with Crippen LogP contribution >= 0.6 is 0 Å². The zero-order chi connectivity index (χ0) is 21.7. The lowest BCUT2D eigenvalue weighted by Crippen LogP contribution is -2.37. The van der Waals surface area contributed by atoms with Gasteiger partial charge in [0.25, 0.3) is 11.6 Å². The summed E-state index contributed by atoms with van der Waals surface area (Å²) in [5, 5.41) is 13.5. The van der Waals surface area contributed by atoms with Crippen LogP contribution in [0.5, 0.6) is 0 Å². The topological polar surface area (TPSA) is 134 Å². The second kappa shape index (κ2) is 9.03. The minimum atomic E-state index is -1.05. The number of carbonyl (C=O) groups excluding carboxylic acids is 2. The first-order valence-electron chi connectivity index (χ1n) is 9.14. The van der Waals surface area contributed by atoms with Crippen molar-refractivity contribution in [1.82, 2.24) is 9.88 Å². The highest BCUT2D eigenvalue weighted by atomic mass is 16.6. The molecule has 0 aliphatic rings. The lowest BCUT2D eigenvalue weighted by atomic mass is 10.1. The number of non-ortho nitro benzene ring substituents is 1. The largest absolute Gasteiger partial charge is 0.451 e. The van der Waals surface area contributed by atoms with Crippen LogP contribution in [0.1, 0.15) is 12.5 Å². The highest BCUT2D eigenvalue weighted by Gasteiger charge is 2.20. The summed E-state index contributed by atoms with van der Waals surface area (Å²) in [4.78, 5) is 46.5. The molecule has 1 aromatic heterocycles. The van der Waals surface area contributed by atoms with E-state index in [1.807, 2.05) is 30.3 Å². The van der Waals surface area contributed by atoms with Gasteiger partial charge in [-0.1, -0.05) is 30.3 Å². The van der Waals surface area contributed by atoms with E-state index in [1.165, 1.54) is 19.1 Å². The van der Waals surface area contributed by atoms with Crippen molar-refractivity contribution in [3.05, 3.63) is 74.8 Å². The van der Waals surface area contributed by atoms with Crippen molar-refractivity contribution >= 4 is 28.7 Å². The van der Waals surface area contributed by atoms with Crippen molar-refractivity contribution in [2.24, 2.45) is 0 Å². The molecule has 10 heteroatoms. The van der Waals surface area contributed by atoms with E-state index in [-0.39, 0.29) is 16.8 Å². The summed E-state index contributed by atoms with van der Waals surface area (Å²) >= 11 is 0. The van der Waals surface area contributed by atoms with Crippen molar-refractivity contribution in [3.8, 4) is 0 Å². The molecule has 1 heterocycles. The number of oxazole rings is 1. The number of hydrogen-bond donors (Lipinski definition) is 1. The van der Waals surface area contributed by atoms with Gasteiger partial charge in [-0.3, -0.25) is 24.3 Å². The van der Waals surface area contributed by atoms with Gasteiger partial charge in [-0.25, -0.2) is 4.79 Å². The summed E-state index contributed by atoms with van der Waals surface area (Å²) in [7, 11) is 0. The first kappa shape index (κ1) is 20.8. The number of carbonyl (C=O) groups is 2. The Bertz CT molecular complexity index is 1130. The summed E-state index contributed by atoms with van der Waals surface area (Å²) in [5.74, 6) is -2.13. The molecule has 0 fully saturated rings. The van der Waals surface area contributed by atoms with Gasteiger partial charge in [-0.2, -0.15) is 0 Å². The molecule has 0 radical (unpaired) electrons. The third-order valence-electron chi connectivity index (χ3n) is 4.38. The highest BCUT2D eigenvalue weighted by molar-refractivity contribution is 5.84. The van der Waals surface area contributed by atoms with Gasteiger partial charge in [-0.05, 0) is 25.0 Å². The Labute approximate surface area is 170 Å². The van der Waals surface area contributed by atoms with E-state index in [0.717, 1.165) is 16.2 Å². The van der Waals surface area contributed by atoms with Crippen LogP contribution in [0.3, 0.4) is 0 Å². The van der Waals surface area contributed by atoms with E-state index in [1.54, 1.807) is 0 Å². The molecule has 1 N–H and O–H groups in total. The average molecular weight is 413 g/mol. The van der Waals surface area contributed by atoms with E-state index in [9.17, 15) is 24.5 Å². The highest BCUT2D eigenvalue weighted by Crippen LogP contribution is 2.20. The van der Waals surface area contributed by atoms with Crippen LogP contribution in [-0.2, 0) is 27.3 Å². The molecule has 156 valence electrons. The lowest BCUT2D eigenvalue weighted by molar-refractivity contribution is -0.384. The molecule has 1 amide bonds. The Kier molecular flexibility index (Phi) is 6.26. The molecule has 0 spiro atoms.